The van der Waals surface area contributed by atoms with Crippen LogP contribution in [0.1, 0.15) is 16.1 Å². The Balaban J connectivity index is 2.39. The maximum absolute atomic E-state index is 12.0. The first-order chi connectivity index (χ1) is 11.9. The number of benzene rings is 2. The van der Waals surface area contributed by atoms with Crippen molar-refractivity contribution in [1.82, 2.24) is 9.78 Å². The van der Waals surface area contributed by atoms with Crippen LogP contribution < -0.4 is 0 Å². The zero-order chi connectivity index (χ0) is 18.1. The van der Waals surface area contributed by atoms with Crippen LogP contribution in [0, 0.1) is 17.0 Å². The summed E-state index contributed by atoms with van der Waals surface area (Å²) in [5, 5.41) is 15.5. The summed E-state index contributed by atoms with van der Waals surface area (Å²) >= 11 is 11.8. The molecule has 0 fully saturated rings. The fraction of sp³-hybridized carbons (Fsp3) is 0.0588. The molecule has 3 rings (SSSR count). The van der Waals surface area contributed by atoms with Crippen LogP contribution in [0.5, 0.6) is 0 Å². The molecule has 0 amide bonds. The van der Waals surface area contributed by atoms with Gasteiger partial charge in [0.25, 0.3) is 10.9 Å². The third-order valence-corrected chi connectivity index (χ3v) is 4.09. The number of hydrogen-bond donors (Lipinski definition) is 0. The number of hydrogen-bond acceptors (Lipinski definition) is 4. The molecule has 0 spiro atoms. The fourth-order valence-electron chi connectivity index (χ4n) is 2.64. The maximum atomic E-state index is 12.0. The van der Waals surface area contributed by atoms with Gasteiger partial charge in [0.2, 0.25) is 0 Å². The van der Waals surface area contributed by atoms with E-state index in [9.17, 15) is 14.9 Å². The Bertz CT molecular complexity index is 999. The SMILES string of the molecule is Cc1nn(-c2cccc(Cl)c2)c(-c2ccccc2[N+](=O)[O-])c1C(=O)Cl. The molecule has 6 nitrogen and oxygen atoms in total. The van der Waals surface area contributed by atoms with E-state index in [4.69, 9.17) is 23.2 Å². The molecule has 0 bridgehead atoms. The minimum absolute atomic E-state index is 0.121. The number of aryl methyl sites for hydroxylation is 1. The lowest BCUT2D eigenvalue weighted by Gasteiger charge is -2.09. The van der Waals surface area contributed by atoms with Gasteiger partial charge in [0.05, 0.1) is 33.1 Å². The van der Waals surface area contributed by atoms with E-state index in [1.54, 1.807) is 49.4 Å². The maximum Gasteiger partial charge on any atom is 0.278 e. The van der Waals surface area contributed by atoms with Gasteiger partial charge in [-0.15, -0.1) is 0 Å². The van der Waals surface area contributed by atoms with Crippen LogP contribution in [0.2, 0.25) is 5.02 Å². The van der Waals surface area contributed by atoms with E-state index in [2.05, 4.69) is 5.10 Å². The van der Waals surface area contributed by atoms with Gasteiger partial charge in [0.15, 0.2) is 0 Å². The van der Waals surface area contributed by atoms with Crippen LogP contribution in [0.4, 0.5) is 5.69 Å². The molecule has 1 aromatic heterocycles. The lowest BCUT2D eigenvalue weighted by atomic mass is 10.0. The number of nitro benzene ring substituents is 1. The average Bonchev–Trinajstić information content (AvgIpc) is 2.92. The lowest BCUT2D eigenvalue weighted by molar-refractivity contribution is -0.384. The van der Waals surface area contributed by atoms with Crippen LogP contribution in [-0.4, -0.2) is 19.9 Å². The van der Waals surface area contributed by atoms with Crippen molar-refractivity contribution in [1.29, 1.82) is 0 Å². The topological polar surface area (TPSA) is 78.0 Å². The predicted octanol–water partition coefficient (Wildman–Crippen LogP) is 4.79. The zero-order valence-electron chi connectivity index (χ0n) is 12.9. The van der Waals surface area contributed by atoms with Gasteiger partial charge in [-0.25, -0.2) is 4.68 Å². The molecule has 126 valence electrons. The van der Waals surface area contributed by atoms with Crippen molar-refractivity contribution in [2.45, 2.75) is 6.92 Å². The Morgan fingerprint density at radius 3 is 2.56 bits per heavy atom. The van der Waals surface area contributed by atoms with Gasteiger partial charge in [0.1, 0.15) is 0 Å². The quantitative estimate of drug-likeness (QED) is 0.373. The van der Waals surface area contributed by atoms with Crippen molar-refractivity contribution >= 4 is 34.1 Å². The van der Waals surface area contributed by atoms with Crippen molar-refractivity contribution in [2.24, 2.45) is 0 Å². The Morgan fingerprint density at radius 2 is 1.92 bits per heavy atom. The van der Waals surface area contributed by atoms with Crippen LogP contribution in [-0.2, 0) is 0 Å². The van der Waals surface area contributed by atoms with E-state index in [1.807, 2.05) is 0 Å². The number of rotatable bonds is 4. The van der Waals surface area contributed by atoms with E-state index < -0.39 is 10.2 Å². The third kappa shape index (κ3) is 3.14. The van der Waals surface area contributed by atoms with E-state index >= 15 is 0 Å². The molecule has 0 saturated heterocycles. The highest BCUT2D eigenvalue weighted by molar-refractivity contribution is 6.68. The Kier molecular flexibility index (Phi) is 4.57. The monoisotopic (exact) mass is 375 g/mol. The fourth-order valence-corrected chi connectivity index (χ4v) is 3.05. The minimum Gasteiger partial charge on any atom is -0.275 e. The third-order valence-electron chi connectivity index (χ3n) is 3.67. The molecule has 3 aromatic rings. The summed E-state index contributed by atoms with van der Waals surface area (Å²) in [6.07, 6.45) is 0. The first kappa shape index (κ1) is 17.1. The number of nitro groups is 1. The number of para-hydroxylation sites is 1. The Hall–Kier alpha value is -2.70. The van der Waals surface area contributed by atoms with Gasteiger partial charge >= 0.3 is 0 Å². The Morgan fingerprint density at radius 1 is 1.20 bits per heavy atom. The second-order valence-corrected chi connectivity index (χ2v) is 6.03. The molecule has 0 unspecified atom stereocenters. The molecular formula is C17H11Cl2N3O3. The van der Waals surface area contributed by atoms with E-state index in [0.717, 1.165) is 0 Å². The first-order valence-electron chi connectivity index (χ1n) is 7.19. The van der Waals surface area contributed by atoms with Crippen LogP contribution in [0.15, 0.2) is 48.5 Å². The van der Waals surface area contributed by atoms with Gasteiger partial charge < -0.3 is 0 Å². The van der Waals surface area contributed by atoms with Crippen LogP contribution in [0.25, 0.3) is 16.9 Å². The van der Waals surface area contributed by atoms with Crippen molar-refractivity contribution in [3.63, 3.8) is 0 Å². The predicted molar refractivity (Wildman–Crippen MR) is 95.6 cm³/mol. The molecule has 1 heterocycles. The normalized spacial score (nSPS) is 10.7. The molecule has 0 radical (unpaired) electrons. The Labute approximate surface area is 152 Å². The highest BCUT2D eigenvalue weighted by atomic mass is 35.5. The second-order valence-electron chi connectivity index (χ2n) is 5.25. The summed E-state index contributed by atoms with van der Waals surface area (Å²) in [6, 6.07) is 12.9. The molecule has 0 aliphatic rings. The van der Waals surface area contributed by atoms with Gasteiger partial charge in [-0.1, -0.05) is 29.8 Å². The summed E-state index contributed by atoms with van der Waals surface area (Å²) in [4.78, 5) is 22.9. The molecule has 0 aliphatic carbocycles. The molecule has 2 aromatic carbocycles. The minimum atomic E-state index is -0.737. The van der Waals surface area contributed by atoms with Gasteiger partial charge in [-0.3, -0.25) is 14.9 Å². The summed E-state index contributed by atoms with van der Waals surface area (Å²) in [7, 11) is 0. The first-order valence-corrected chi connectivity index (χ1v) is 7.95. The molecule has 25 heavy (non-hydrogen) atoms. The highest BCUT2D eigenvalue weighted by Gasteiger charge is 2.27. The van der Waals surface area contributed by atoms with Crippen molar-refractivity contribution in [3.05, 3.63) is 74.9 Å². The van der Waals surface area contributed by atoms with E-state index in [0.29, 0.717) is 16.4 Å². The molecule has 0 saturated carbocycles. The second kappa shape index (κ2) is 6.66. The van der Waals surface area contributed by atoms with Gasteiger partial charge in [-0.05, 0) is 42.8 Å². The largest absolute Gasteiger partial charge is 0.278 e. The summed E-state index contributed by atoms with van der Waals surface area (Å²) < 4.78 is 1.44. The van der Waals surface area contributed by atoms with E-state index in [1.165, 1.54) is 10.7 Å². The molecule has 8 heteroatoms. The zero-order valence-corrected chi connectivity index (χ0v) is 14.5. The highest BCUT2D eigenvalue weighted by Crippen LogP contribution is 2.36. The van der Waals surface area contributed by atoms with Crippen molar-refractivity contribution in [2.75, 3.05) is 0 Å². The number of carbonyl (C=O) groups is 1. The summed E-state index contributed by atoms with van der Waals surface area (Å²) in [5.41, 5.74) is 1.41. The van der Waals surface area contributed by atoms with Crippen LogP contribution >= 0.6 is 23.2 Å². The van der Waals surface area contributed by atoms with Gasteiger partial charge in [-0.2, -0.15) is 5.10 Å². The molecule has 0 atom stereocenters. The number of nitrogens with zero attached hydrogens (tertiary/aromatic N) is 3. The van der Waals surface area contributed by atoms with Gasteiger partial charge in [0, 0.05) is 11.1 Å². The lowest BCUT2D eigenvalue weighted by Crippen LogP contribution is -2.03. The number of carbonyl (C=O) groups excluding carboxylic acids is 1. The molecular weight excluding hydrogens is 365 g/mol. The summed E-state index contributed by atoms with van der Waals surface area (Å²) in [6.45, 7) is 1.62. The van der Waals surface area contributed by atoms with Crippen LogP contribution in [0.3, 0.4) is 0 Å². The van der Waals surface area contributed by atoms with Crippen molar-refractivity contribution in [3.8, 4) is 16.9 Å². The van der Waals surface area contributed by atoms with Crippen molar-refractivity contribution < 1.29 is 9.72 Å². The summed E-state index contributed by atoms with van der Waals surface area (Å²) in [5.74, 6) is 0. The standard InChI is InChI=1S/C17H11Cl2N3O3/c1-10-15(17(19)23)16(13-7-2-3-8-14(13)22(24)25)21(20-10)12-6-4-5-11(18)9-12/h2-9H,1H3. The molecule has 0 N–H and O–H groups in total. The number of halogens is 2. The number of aromatic nitrogens is 2. The van der Waals surface area contributed by atoms with E-state index in [-0.39, 0.29) is 22.5 Å². The molecule has 0 aliphatic heterocycles. The average molecular weight is 376 g/mol. The smallest absolute Gasteiger partial charge is 0.275 e.